The molecular formula is C17H13BrN2O2. The maximum Gasteiger partial charge on any atom is 0.256 e. The zero-order valence-electron chi connectivity index (χ0n) is 11.8. The Bertz CT molecular complexity index is 849. The molecule has 1 heterocycles. The van der Waals surface area contributed by atoms with Crippen LogP contribution in [0.4, 0.5) is 5.69 Å². The van der Waals surface area contributed by atoms with Crippen molar-refractivity contribution in [3.05, 3.63) is 64.8 Å². The van der Waals surface area contributed by atoms with Crippen LogP contribution in [0.3, 0.4) is 0 Å². The standard InChI is InChI=1S/C17H13BrN2O2/c1-22-13-6-7-15(18)14(9-13)17(21)20-12-8-11-4-2-3-5-16(11)19-10-12/h2-10H,1H3,(H,20,21). The van der Waals surface area contributed by atoms with Gasteiger partial charge in [0.15, 0.2) is 0 Å². The van der Waals surface area contributed by atoms with E-state index in [0.717, 1.165) is 10.9 Å². The Labute approximate surface area is 136 Å². The van der Waals surface area contributed by atoms with Crippen LogP contribution in [0.1, 0.15) is 10.4 Å². The SMILES string of the molecule is COc1ccc(Br)c(C(=O)Nc2cnc3ccccc3c2)c1. The van der Waals surface area contributed by atoms with E-state index in [9.17, 15) is 4.79 Å². The van der Waals surface area contributed by atoms with Crippen LogP contribution in [0.2, 0.25) is 0 Å². The number of nitrogens with one attached hydrogen (secondary N) is 1. The second kappa shape index (κ2) is 6.15. The molecule has 0 saturated carbocycles. The first-order valence-corrected chi connectivity index (χ1v) is 7.46. The van der Waals surface area contributed by atoms with Crippen molar-refractivity contribution < 1.29 is 9.53 Å². The quantitative estimate of drug-likeness (QED) is 0.762. The van der Waals surface area contributed by atoms with Crippen LogP contribution in [-0.4, -0.2) is 18.0 Å². The van der Waals surface area contributed by atoms with Crippen molar-refractivity contribution in [2.75, 3.05) is 12.4 Å². The molecule has 0 aliphatic carbocycles. The molecule has 4 nitrogen and oxygen atoms in total. The van der Waals surface area contributed by atoms with Crippen molar-refractivity contribution in [3.8, 4) is 5.75 Å². The van der Waals surface area contributed by atoms with Gasteiger partial charge in [0.1, 0.15) is 5.75 Å². The summed E-state index contributed by atoms with van der Waals surface area (Å²) >= 11 is 3.38. The first-order chi connectivity index (χ1) is 10.7. The van der Waals surface area contributed by atoms with E-state index in [0.29, 0.717) is 21.5 Å². The van der Waals surface area contributed by atoms with E-state index in [-0.39, 0.29) is 5.91 Å². The van der Waals surface area contributed by atoms with Crippen molar-refractivity contribution in [2.45, 2.75) is 0 Å². The zero-order chi connectivity index (χ0) is 15.5. The van der Waals surface area contributed by atoms with Crippen LogP contribution < -0.4 is 10.1 Å². The minimum atomic E-state index is -0.220. The minimum absolute atomic E-state index is 0.220. The van der Waals surface area contributed by atoms with Gasteiger partial charge in [-0.2, -0.15) is 0 Å². The summed E-state index contributed by atoms with van der Waals surface area (Å²) in [5, 5.41) is 3.83. The highest BCUT2D eigenvalue weighted by Crippen LogP contribution is 2.24. The van der Waals surface area contributed by atoms with Crippen molar-refractivity contribution in [3.63, 3.8) is 0 Å². The topological polar surface area (TPSA) is 51.2 Å². The van der Waals surface area contributed by atoms with Gasteiger partial charge in [-0.05, 0) is 46.3 Å². The Morgan fingerprint density at radius 3 is 2.82 bits per heavy atom. The molecule has 1 aromatic heterocycles. The molecule has 3 aromatic rings. The highest BCUT2D eigenvalue weighted by molar-refractivity contribution is 9.10. The first kappa shape index (κ1) is 14.5. The fourth-order valence-electron chi connectivity index (χ4n) is 2.14. The molecule has 22 heavy (non-hydrogen) atoms. The average molecular weight is 357 g/mol. The number of hydrogen-bond acceptors (Lipinski definition) is 3. The summed E-state index contributed by atoms with van der Waals surface area (Å²) in [5.41, 5.74) is 2.05. The van der Waals surface area contributed by atoms with E-state index < -0.39 is 0 Å². The molecule has 1 amide bonds. The Morgan fingerprint density at radius 1 is 1.18 bits per heavy atom. The number of anilines is 1. The number of ether oxygens (including phenoxy) is 1. The smallest absolute Gasteiger partial charge is 0.256 e. The number of para-hydroxylation sites is 1. The normalized spacial score (nSPS) is 10.5. The molecule has 2 aromatic carbocycles. The highest BCUT2D eigenvalue weighted by atomic mass is 79.9. The Hall–Kier alpha value is -2.40. The number of pyridine rings is 1. The molecule has 0 aliphatic heterocycles. The Morgan fingerprint density at radius 2 is 2.00 bits per heavy atom. The van der Waals surface area contributed by atoms with E-state index in [1.54, 1.807) is 31.5 Å². The van der Waals surface area contributed by atoms with Crippen molar-refractivity contribution in [1.29, 1.82) is 0 Å². The number of nitrogens with zero attached hydrogens (tertiary/aromatic N) is 1. The van der Waals surface area contributed by atoms with Crippen LogP contribution in [0.15, 0.2) is 59.2 Å². The van der Waals surface area contributed by atoms with Gasteiger partial charge in [0.2, 0.25) is 0 Å². The van der Waals surface area contributed by atoms with Gasteiger partial charge in [-0.15, -0.1) is 0 Å². The molecule has 5 heteroatoms. The molecule has 0 fully saturated rings. The predicted molar refractivity (Wildman–Crippen MR) is 90.4 cm³/mol. The van der Waals surface area contributed by atoms with Gasteiger partial charge >= 0.3 is 0 Å². The summed E-state index contributed by atoms with van der Waals surface area (Å²) in [4.78, 5) is 16.7. The molecule has 0 spiro atoms. The summed E-state index contributed by atoms with van der Waals surface area (Å²) in [5.74, 6) is 0.410. The van der Waals surface area contributed by atoms with Crippen LogP contribution >= 0.6 is 15.9 Å². The second-order valence-corrected chi connectivity index (χ2v) is 5.57. The third-order valence-electron chi connectivity index (χ3n) is 3.27. The fourth-order valence-corrected chi connectivity index (χ4v) is 2.57. The number of benzene rings is 2. The largest absolute Gasteiger partial charge is 0.497 e. The van der Waals surface area contributed by atoms with Gasteiger partial charge in [-0.1, -0.05) is 18.2 Å². The van der Waals surface area contributed by atoms with Crippen molar-refractivity contribution in [2.24, 2.45) is 0 Å². The van der Waals surface area contributed by atoms with Gasteiger partial charge in [0.25, 0.3) is 5.91 Å². The highest BCUT2D eigenvalue weighted by Gasteiger charge is 2.12. The number of halogens is 1. The molecule has 0 unspecified atom stereocenters. The lowest BCUT2D eigenvalue weighted by Crippen LogP contribution is -2.13. The maximum absolute atomic E-state index is 12.4. The molecule has 0 aliphatic rings. The molecule has 110 valence electrons. The van der Waals surface area contributed by atoms with Crippen LogP contribution in [0.25, 0.3) is 10.9 Å². The van der Waals surface area contributed by atoms with E-state index in [2.05, 4.69) is 26.2 Å². The minimum Gasteiger partial charge on any atom is -0.497 e. The number of rotatable bonds is 3. The third kappa shape index (κ3) is 2.94. The third-order valence-corrected chi connectivity index (χ3v) is 3.96. The second-order valence-electron chi connectivity index (χ2n) is 4.72. The number of amides is 1. The molecule has 0 bridgehead atoms. The predicted octanol–water partition coefficient (Wildman–Crippen LogP) is 4.26. The summed E-state index contributed by atoms with van der Waals surface area (Å²) in [6.45, 7) is 0. The fraction of sp³-hybridized carbons (Fsp3) is 0.0588. The molecular weight excluding hydrogens is 344 g/mol. The molecule has 1 N–H and O–H groups in total. The number of hydrogen-bond donors (Lipinski definition) is 1. The summed E-state index contributed by atoms with van der Waals surface area (Å²) in [6.07, 6.45) is 1.65. The summed E-state index contributed by atoms with van der Waals surface area (Å²) < 4.78 is 5.86. The maximum atomic E-state index is 12.4. The number of carbonyl (C=O) groups is 1. The van der Waals surface area contributed by atoms with Gasteiger partial charge in [-0.25, -0.2) is 0 Å². The van der Waals surface area contributed by atoms with E-state index in [1.807, 2.05) is 30.3 Å². The lowest BCUT2D eigenvalue weighted by Gasteiger charge is -2.09. The van der Waals surface area contributed by atoms with Crippen molar-refractivity contribution >= 4 is 38.4 Å². The Kier molecular flexibility index (Phi) is 4.06. The lowest BCUT2D eigenvalue weighted by molar-refractivity contribution is 0.102. The Balaban J connectivity index is 1.89. The van der Waals surface area contributed by atoms with E-state index >= 15 is 0 Å². The van der Waals surface area contributed by atoms with Gasteiger partial charge in [0.05, 0.1) is 30.1 Å². The van der Waals surface area contributed by atoms with Crippen LogP contribution in [0.5, 0.6) is 5.75 Å². The van der Waals surface area contributed by atoms with Crippen LogP contribution in [0, 0.1) is 0 Å². The van der Waals surface area contributed by atoms with Crippen LogP contribution in [-0.2, 0) is 0 Å². The molecule has 3 rings (SSSR count). The summed E-state index contributed by atoms with van der Waals surface area (Å²) in [7, 11) is 1.57. The van der Waals surface area contributed by atoms with Gasteiger partial charge < -0.3 is 10.1 Å². The monoisotopic (exact) mass is 356 g/mol. The zero-order valence-corrected chi connectivity index (χ0v) is 13.4. The number of fused-ring (bicyclic) bond motifs is 1. The number of carbonyl (C=O) groups excluding carboxylic acids is 1. The lowest BCUT2D eigenvalue weighted by atomic mass is 10.2. The molecule has 0 saturated heterocycles. The van der Waals surface area contributed by atoms with Gasteiger partial charge in [0, 0.05) is 9.86 Å². The van der Waals surface area contributed by atoms with E-state index in [1.165, 1.54) is 0 Å². The molecule has 0 radical (unpaired) electrons. The van der Waals surface area contributed by atoms with E-state index in [4.69, 9.17) is 4.74 Å². The average Bonchev–Trinajstić information content (AvgIpc) is 2.55. The number of methoxy groups -OCH3 is 1. The number of aromatic nitrogens is 1. The first-order valence-electron chi connectivity index (χ1n) is 6.67. The van der Waals surface area contributed by atoms with Crippen molar-refractivity contribution in [1.82, 2.24) is 4.98 Å². The van der Waals surface area contributed by atoms with Gasteiger partial charge in [-0.3, -0.25) is 9.78 Å². The molecule has 0 atom stereocenters. The summed E-state index contributed by atoms with van der Waals surface area (Å²) in [6, 6.07) is 14.9.